The molecule has 20 heavy (non-hydrogen) atoms. The van der Waals surface area contributed by atoms with E-state index >= 15 is 0 Å². The van der Waals surface area contributed by atoms with Crippen LogP contribution in [0, 0.1) is 19.7 Å². The lowest BCUT2D eigenvalue weighted by atomic mass is 10.1. The molecule has 0 amide bonds. The van der Waals surface area contributed by atoms with Crippen molar-refractivity contribution in [2.75, 3.05) is 19.0 Å². The van der Waals surface area contributed by atoms with Crippen molar-refractivity contribution in [1.82, 2.24) is 0 Å². The predicted molar refractivity (Wildman–Crippen MR) is 82.2 cm³/mol. The summed E-state index contributed by atoms with van der Waals surface area (Å²) < 4.78 is 18.4. The third-order valence-corrected chi connectivity index (χ3v) is 4.16. The maximum Gasteiger partial charge on any atom is 0.165 e. The number of ether oxygens (including phenoxy) is 1. The molecule has 0 aliphatic heterocycles. The van der Waals surface area contributed by atoms with Crippen molar-refractivity contribution in [3.05, 3.63) is 45.4 Å². The Kier molecular flexibility index (Phi) is 4.62. The van der Waals surface area contributed by atoms with Gasteiger partial charge in [-0.2, -0.15) is 0 Å². The van der Waals surface area contributed by atoms with E-state index in [1.54, 1.807) is 23.5 Å². The van der Waals surface area contributed by atoms with Crippen LogP contribution in [-0.4, -0.2) is 13.7 Å². The molecule has 3 nitrogen and oxygen atoms in total. The van der Waals surface area contributed by atoms with Crippen molar-refractivity contribution in [2.45, 2.75) is 19.9 Å². The van der Waals surface area contributed by atoms with E-state index in [0.29, 0.717) is 6.54 Å². The Morgan fingerprint density at radius 2 is 2.10 bits per heavy atom. The average Bonchev–Trinajstić information content (AvgIpc) is 2.76. The zero-order valence-corrected chi connectivity index (χ0v) is 12.7. The molecule has 0 bridgehead atoms. The second-order valence-electron chi connectivity index (χ2n) is 4.65. The van der Waals surface area contributed by atoms with Gasteiger partial charge in [0.1, 0.15) is 0 Å². The maximum atomic E-state index is 13.4. The molecule has 2 rings (SSSR count). The minimum atomic E-state index is -0.370. The van der Waals surface area contributed by atoms with Crippen LogP contribution in [0.1, 0.15) is 21.4 Å². The maximum absolute atomic E-state index is 13.4. The molecule has 0 fully saturated rings. The van der Waals surface area contributed by atoms with Gasteiger partial charge in [0.15, 0.2) is 11.6 Å². The minimum Gasteiger partial charge on any atom is -0.494 e. The summed E-state index contributed by atoms with van der Waals surface area (Å²) in [5, 5.41) is 3.34. The van der Waals surface area contributed by atoms with Crippen LogP contribution in [0.4, 0.5) is 10.1 Å². The molecule has 0 radical (unpaired) electrons. The normalized spacial score (nSPS) is 12.2. The number of nitrogens with one attached hydrogen (secondary N) is 1. The van der Waals surface area contributed by atoms with Gasteiger partial charge in [-0.3, -0.25) is 0 Å². The smallest absolute Gasteiger partial charge is 0.165 e. The molecule has 0 aliphatic carbocycles. The summed E-state index contributed by atoms with van der Waals surface area (Å²) in [6, 6.07) is 6.88. The highest BCUT2D eigenvalue weighted by Gasteiger charge is 2.15. The van der Waals surface area contributed by atoms with Gasteiger partial charge in [-0.05, 0) is 37.6 Å². The fourth-order valence-corrected chi connectivity index (χ4v) is 3.20. The van der Waals surface area contributed by atoms with Crippen LogP contribution in [0.5, 0.6) is 5.75 Å². The molecule has 2 aromatic rings. The molecule has 0 spiro atoms. The van der Waals surface area contributed by atoms with Crippen LogP contribution >= 0.6 is 11.3 Å². The summed E-state index contributed by atoms with van der Waals surface area (Å²) in [4.78, 5) is 2.51. The van der Waals surface area contributed by atoms with Crippen molar-refractivity contribution in [1.29, 1.82) is 0 Å². The molecular formula is C15H19FN2OS. The Labute approximate surface area is 122 Å². The van der Waals surface area contributed by atoms with Crippen LogP contribution in [0.2, 0.25) is 0 Å². The van der Waals surface area contributed by atoms with E-state index in [2.05, 4.69) is 25.2 Å². The Morgan fingerprint density at radius 1 is 1.35 bits per heavy atom. The second-order valence-corrected chi connectivity index (χ2v) is 6.11. The molecule has 1 aromatic carbocycles. The molecule has 0 saturated carbocycles. The highest BCUT2D eigenvalue weighted by Crippen LogP contribution is 2.30. The lowest BCUT2D eigenvalue weighted by Crippen LogP contribution is -2.20. The Hall–Kier alpha value is -1.59. The quantitative estimate of drug-likeness (QED) is 0.885. The first-order valence-electron chi connectivity index (χ1n) is 6.42. The first-order chi connectivity index (χ1) is 9.55. The number of rotatable bonds is 5. The average molecular weight is 294 g/mol. The summed E-state index contributed by atoms with van der Waals surface area (Å²) >= 11 is 1.75. The molecule has 3 N–H and O–H groups in total. The predicted octanol–water partition coefficient (Wildman–Crippen LogP) is 3.62. The van der Waals surface area contributed by atoms with Gasteiger partial charge in [-0.1, -0.05) is 0 Å². The van der Waals surface area contributed by atoms with Gasteiger partial charge in [0.2, 0.25) is 0 Å². The van der Waals surface area contributed by atoms with E-state index in [-0.39, 0.29) is 17.6 Å². The molecule has 1 heterocycles. The van der Waals surface area contributed by atoms with Gasteiger partial charge in [0.05, 0.1) is 13.2 Å². The van der Waals surface area contributed by atoms with Crippen LogP contribution in [-0.2, 0) is 0 Å². The van der Waals surface area contributed by atoms with Crippen LogP contribution in [0.25, 0.3) is 0 Å². The van der Waals surface area contributed by atoms with Crippen molar-refractivity contribution in [3.63, 3.8) is 0 Å². The third kappa shape index (κ3) is 3.11. The molecule has 108 valence electrons. The van der Waals surface area contributed by atoms with Gasteiger partial charge in [-0.15, -0.1) is 11.3 Å². The molecule has 5 heteroatoms. The molecule has 1 atom stereocenters. The summed E-state index contributed by atoms with van der Waals surface area (Å²) in [5.74, 6) is -0.145. The summed E-state index contributed by atoms with van der Waals surface area (Å²) in [5.41, 5.74) is 7.85. The van der Waals surface area contributed by atoms with E-state index in [9.17, 15) is 4.39 Å². The molecule has 0 saturated heterocycles. The molecule has 1 aromatic heterocycles. The first-order valence-corrected chi connectivity index (χ1v) is 7.24. The van der Waals surface area contributed by atoms with Crippen molar-refractivity contribution in [2.24, 2.45) is 5.73 Å². The van der Waals surface area contributed by atoms with Crippen LogP contribution in [0.3, 0.4) is 0 Å². The van der Waals surface area contributed by atoms with Gasteiger partial charge in [-0.25, -0.2) is 4.39 Å². The fourth-order valence-electron chi connectivity index (χ4n) is 2.21. The number of thiophene rings is 1. The van der Waals surface area contributed by atoms with Gasteiger partial charge in [0.25, 0.3) is 0 Å². The number of hydrogen-bond acceptors (Lipinski definition) is 4. The lowest BCUT2D eigenvalue weighted by molar-refractivity contribution is 0.386. The van der Waals surface area contributed by atoms with E-state index in [0.717, 1.165) is 5.69 Å². The number of anilines is 1. The molecular weight excluding hydrogens is 275 g/mol. The van der Waals surface area contributed by atoms with Gasteiger partial charge in [0, 0.05) is 28.1 Å². The van der Waals surface area contributed by atoms with Crippen LogP contribution < -0.4 is 15.8 Å². The number of aryl methyl sites for hydroxylation is 2. The topological polar surface area (TPSA) is 47.3 Å². The van der Waals surface area contributed by atoms with Crippen molar-refractivity contribution in [3.8, 4) is 5.75 Å². The Balaban J connectivity index is 2.24. The van der Waals surface area contributed by atoms with Crippen LogP contribution in [0.15, 0.2) is 24.3 Å². The summed E-state index contributed by atoms with van der Waals surface area (Å²) in [7, 11) is 1.45. The van der Waals surface area contributed by atoms with E-state index in [1.807, 2.05) is 0 Å². The lowest BCUT2D eigenvalue weighted by Gasteiger charge is -2.19. The standard InChI is InChI=1S/C15H19FN2OS/c1-9-6-12(10(2)20-9)14(8-17)18-11-4-5-13(16)15(7-11)19-3/h4-7,14,18H,8,17H2,1-3H3. The van der Waals surface area contributed by atoms with Gasteiger partial charge >= 0.3 is 0 Å². The number of hydrogen-bond donors (Lipinski definition) is 2. The number of nitrogens with two attached hydrogens (primary N) is 1. The Morgan fingerprint density at radius 3 is 2.65 bits per heavy atom. The molecule has 1 unspecified atom stereocenters. The van der Waals surface area contributed by atoms with E-state index in [1.165, 1.54) is 28.5 Å². The largest absolute Gasteiger partial charge is 0.494 e. The minimum absolute atomic E-state index is 0.00937. The monoisotopic (exact) mass is 294 g/mol. The zero-order valence-electron chi connectivity index (χ0n) is 11.9. The SMILES string of the molecule is COc1cc(NC(CN)c2cc(C)sc2C)ccc1F. The van der Waals surface area contributed by atoms with E-state index < -0.39 is 0 Å². The van der Waals surface area contributed by atoms with Gasteiger partial charge < -0.3 is 15.8 Å². The number of halogens is 1. The summed E-state index contributed by atoms with van der Waals surface area (Å²) in [6.07, 6.45) is 0. The second kappa shape index (κ2) is 6.24. The number of methoxy groups -OCH3 is 1. The molecule has 0 aliphatic rings. The van der Waals surface area contributed by atoms with E-state index in [4.69, 9.17) is 10.5 Å². The highest BCUT2D eigenvalue weighted by molar-refractivity contribution is 7.12. The van der Waals surface area contributed by atoms with Crippen molar-refractivity contribution >= 4 is 17.0 Å². The Bertz CT molecular complexity index is 598. The first kappa shape index (κ1) is 14.8. The summed E-state index contributed by atoms with van der Waals surface area (Å²) in [6.45, 7) is 4.63. The third-order valence-electron chi connectivity index (χ3n) is 3.18. The van der Waals surface area contributed by atoms with Crippen molar-refractivity contribution < 1.29 is 9.13 Å². The zero-order chi connectivity index (χ0) is 14.7. The fraction of sp³-hybridized carbons (Fsp3) is 0.333. The highest BCUT2D eigenvalue weighted by atomic mass is 32.1. The number of benzene rings is 1.